The summed E-state index contributed by atoms with van der Waals surface area (Å²) in [6.07, 6.45) is 2.47. The molecule has 2 amide bonds. The molecule has 1 aliphatic heterocycles. The summed E-state index contributed by atoms with van der Waals surface area (Å²) >= 11 is 0. The van der Waals surface area contributed by atoms with E-state index < -0.39 is 0 Å². The van der Waals surface area contributed by atoms with Gasteiger partial charge in [-0.2, -0.15) is 0 Å². The van der Waals surface area contributed by atoms with Gasteiger partial charge in [-0.3, -0.25) is 9.59 Å². The molecule has 1 aliphatic rings. The largest absolute Gasteiger partial charge is 0.357 e. The molecule has 7 heteroatoms. The molecule has 0 bridgehead atoms. The normalized spacial score (nSPS) is 14.8. The monoisotopic (exact) mass is 449 g/mol. The van der Waals surface area contributed by atoms with Crippen LogP contribution >= 0.6 is 0 Å². The van der Waals surface area contributed by atoms with Crippen LogP contribution in [0.3, 0.4) is 0 Å². The number of aliphatic imine (C=N–C) groups is 1. The number of nitrogens with one attached hydrogen (secondary N) is 3. The van der Waals surface area contributed by atoms with E-state index in [4.69, 9.17) is 0 Å². The van der Waals surface area contributed by atoms with Gasteiger partial charge >= 0.3 is 0 Å². The number of anilines is 1. The lowest BCUT2D eigenvalue weighted by atomic mass is 10.1. The molecule has 0 spiro atoms. The Morgan fingerprint density at radius 2 is 1.73 bits per heavy atom. The van der Waals surface area contributed by atoms with Crippen LogP contribution in [0.25, 0.3) is 0 Å². The van der Waals surface area contributed by atoms with Gasteiger partial charge < -0.3 is 20.9 Å². The van der Waals surface area contributed by atoms with Crippen molar-refractivity contribution in [1.29, 1.82) is 0 Å². The van der Waals surface area contributed by atoms with E-state index in [1.807, 2.05) is 67.3 Å². The molecule has 1 saturated heterocycles. The number of benzene rings is 2. The topological polar surface area (TPSA) is 85.8 Å². The fourth-order valence-corrected chi connectivity index (χ4v) is 3.58. The Morgan fingerprint density at radius 3 is 2.33 bits per heavy atom. The van der Waals surface area contributed by atoms with Crippen LogP contribution in [0.15, 0.2) is 53.5 Å². The fourth-order valence-electron chi connectivity index (χ4n) is 3.58. The highest BCUT2D eigenvalue weighted by Crippen LogP contribution is 2.21. The standard InChI is InChI=1S/C26H35N5O2/c1-4-19(3)30-25(33)22-12-8-20(9-13-22)17-28-26(27-5-2)29-18-21-10-14-23(15-11-21)31-16-6-7-24(31)32/h8-15,19H,4-7,16-18H2,1-3H3,(H,30,33)(H2,27,28,29). The highest BCUT2D eigenvalue weighted by atomic mass is 16.2. The second-order valence-corrected chi connectivity index (χ2v) is 8.34. The zero-order valence-corrected chi connectivity index (χ0v) is 19.9. The van der Waals surface area contributed by atoms with E-state index in [0.717, 1.165) is 48.7 Å². The van der Waals surface area contributed by atoms with E-state index in [1.165, 1.54) is 0 Å². The van der Waals surface area contributed by atoms with Gasteiger partial charge in [0, 0.05) is 43.3 Å². The number of guanidine groups is 1. The third-order valence-electron chi connectivity index (χ3n) is 5.75. The minimum atomic E-state index is -0.0427. The summed E-state index contributed by atoms with van der Waals surface area (Å²) in [6, 6.07) is 15.8. The average Bonchev–Trinajstić information content (AvgIpc) is 3.27. The summed E-state index contributed by atoms with van der Waals surface area (Å²) in [5.74, 6) is 0.886. The van der Waals surface area contributed by atoms with Crippen molar-refractivity contribution in [3.63, 3.8) is 0 Å². The van der Waals surface area contributed by atoms with Crippen molar-refractivity contribution in [2.45, 2.75) is 59.2 Å². The smallest absolute Gasteiger partial charge is 0.251 e. The van der Waals surface area contributed by atoms with E-state index in [0.29, 0.717) is 25.1 Å². The molecular weight excluding hydrogens is 414 g/mol. The second kappa shape index (κ2) is 12.0. The van der Waals surface area contributed by atoms with Gasteiger partial charge in [0.05, 0.1) is 6.54 Å². The third-order valence-corrected chi connectivity index (χ3v) is 5.75. The number of hydrogen-bond acceptors (Lipinski definition) is 3. The SMILES string of the molecule is CCNC(=NCc1ccc(N2CCCC2=O)cc1)NCc1ccc(C(=O)NC(C)CC)cc1. The molecule has 3 N–H and O–H groups in total. The van der Waals surface area contributed by atoms with Crippen molar-refractivity contribution in [1.82, 2.24) is 16.0 Å². The lowest BCUT2D eigenvalue weighted by molar-refractivity contribution is -0.117. The zero-order chi connectivity index (χ0) is 23.6. The Labute approximate surface area is 196 Å². The third kappa shape index (κ3) is 7.07. The first kappa shape index (κ1) is 24.3. The zero-order valence-electron chi connectivity index (χ0n) is 19.9. The number of carbonyl (C=O) groups excluding carboxylic acids is 2. The Morgan fingerprint density at radius 1 is 1.03 bits per heavy atom. The van der Waals surface area contributed by atoms with Gasteiger partial charge in [0.2, 0.25) is 5.91 Å². The molecule has 7 nitrogen and oxygen atoms in total. The molecule has 0 saturated carbocycles. The quantitative estimate of drug-likeness (QED) is 0.403. The number of carbonyl (C=O) groups is 2. The molecule has 1 atom stereocenters. The predicted molar refractivity (Wildman–Crippen MR) is 133 cm³/mol. The van der Waals surface area contributed by atoms with Crippen LogP contribution in [0.1, 0.15) is 61.5 Å². The first-order chi connectivity index (χ1) is 16.0. The maximum absolute atomic E-state index is 12.2. The van der Waals surface area contributed by atoms with Gasteiger partial charge in [-0.05, 0) is 62.1 Å². The molecule has 176 valence electrons. The van der Waals surface area contributed by atoms with Crippen LogP contribution in [0.5, 0.6) is 0 Å². The summed E-state index contributed by atoms with van der Waals surface area (Å²) in [4.78, 5) is 30.7. The van der Waals surface area contributed by atoms with Crippen molar-refractivity contribution in [2.24, 2.45) is 4.99 Å². The van der Waals surface area contributed by atoms with Crippen molar-refractivity contribution in [3.8, 4) is 0 Å². The van der Waals surface area contributed by atoms with E-state index in [-0.39, 0.29) is 17.9 Å². The number of amides is 2. The fraction of sp³-hybridized carbons (Fsp3) is 0.423. The molecule has 2 aromatic carbocycles. The molecule has 3 rings (SSSR count). The van der Waals surface area contributed by atoms with Crippen LogP contribution in [0, 0.1) is 0 Å². The van der Waals surface area contributed by atoms with Crippen molar-refractivity contribution >= 4 is 23.5 Å². The summed E-state index contributed by atoms with van der Waals surface area (Å²) in [5.41, 5.74) is 3.77. The van der Waals surface area contributed by atoms with Crippen LogP contribution in [-0.2, 0) is 17.9 Å². The molecule has 33 heavy (non-hydrogen) atoms. The van der Waals surface area contributed by atoms with Gasteiger partial charge in [0.1, 0.15) is 0 Å². The van der Waals surface area contributed by atoms with Gasteiger partial charge in [-0.1, -0.05) is 31.2 Å². The van der Waals surface area contributed by atoms with E-state index in [9.17, 15) is 9.59 Å². The lowest BCUT2D eigenvalue weighted by Gasteiger charge is -2.16. The van der Waals surface area contributed by atoms with E-state index in [2.05, 4.69) is 27.9 Å². The van der Waals surface area contributed by atoms with E-state index in [1.54, 1.807) is 0 Å². The maximum atomic E-state index is 12.2. The average molecular weight is 450 g/mol. The Kier molecular flexibility index (Phi) is 8.87. The van der Waals surface area contributed by atoms with Crippen molar-refractivity contribution in [3.05, 3.63) is 65.2 Å². The van der Waals surface area contributed by atoms with Crippen LogP contribution in [0.2, 0.25) is 0 Å². The van der Waals surface area contributed by atoms with Crippen LogP contribution in [0.4, 0.5) is 5.69 Å². The molecule has 0 aliphatic carbocycles. The summed E-state index contributed by atoms with van der Waals surface area (Å²) < 4.78 is 0. The lowest BCUT2D eigenvalue weighted by Crippen LogP contribution is -2.36. The number of nitrogens with zero attached hydrogens (tertiary/aromatic N) is 2. The summed E-state index contributed by atoms with van der Waals surface area (Å²) in [6.45, 7) is 8.79. The molecule has 0 radical (unpaired) electrons. The van der Waals surface area contributed by atoms with Crippen LogP contribution < -0.4 is 20.9 Å². The van der Waals surface area contributed by atoms with Gasteiger partial charge in [0.25, 0.3) is 5.91 Å². The minimum Gasteiger partial charge on any atom is -0.357 e. The molecule has 2 aromatic rings. The molecular formula is C26H35N5O2. The molecule has 1 unspecified atom stereocenters. The summed E-state index contributed by atoms with van der Waals surface area (Å²) in [5, 5.41) is 9.59. The molecule has 0 aromatic heterocycles. The van der Waals surface area contributed by atoms with E-state index >= 15 is 0 Å². The predicted octanol–water partition coefficient (Wildman–Crippen LogP) is 3.60. The van der Waals surface area contributed by atoms with Crippen molar-refractivity contribution in [2.75, 3.05) is 18.0 Å². The Bertz CT molecular complexity index is 954. The Balaban J connectivity index is 1.54. The van der Waals surface area contributed by atoms with Crippen molar-refractivity contribution < 1.29 is 9.59 Å². The first-order valence-electron chi connectivity index (χ1n) is 11.8. The highest BCUT2D eigenvalue weighted by Gasteiger charge is 2.21. The van der Waals surface area contributed by atoms with Gasteiger partial charge in [-0.25, -0.2) is 4.99 Å². The van der Waals surface area contributed by atoms with Gasteiger partial charge in [0.15, 0.2) is 5.96 Å². The first-order valence-corrected chi connectivity index (χ1v) is 11.8. The molecule has 1 fully saturated rings. The highest BCUT2D eigenvalue weighted by molar-refractivity contribution is 5.95. The van der Waals surface area contributed by atoms with Gasteiger partial charge in [-0.15, -0.1) is 0 Å². The number of rotatable bonds is 9. The maximum Gasteiger partial charge on any atom is 0.251 e. The number of hydrogen-bond donors (Lipinski definition) is 3. The Hall–Kier alpha value is -3.35. The molecule has 1 heterocycles. The second-order valence-electron chi connectivity index (χ2n) is 8.34. The minimum absolute atomic E-state index is 0.0427. The van der Waals surface area contributed by atoms with Crippen LogP contribution in [-0.4, -0.2) is 36.9 Å². The summed E-state index contributed by atoms with van der Waals surface area (Å²) in [7, 11) is 0.